The molecule has 18 heavy (non-hydrogen) atoms. The molecule has 0 aromatic heterocycles. The lowest BCUT2D eigenvalue weighted by atomic mass is 9.71. The number of benzene rings is 1. The van der Waals surface area contributed by atoms with E-state index in [1.54, 1.807) is 0 Å². The molecule has 1 fully saturated rings. The van der Waals surface area contributed by atoms with Gasteiger partial charge in [-0.1, -0.05) is 26.2 Å². The van der Waals surface area contributed by atoms with Gasteiger partial charge in [0.1, 0.15) is 11.6 Å². The molecule has 0 bridgehead atoms. The Bertz CT molecular complexity index is 442. The number of hydrogen-bond acceptors (Lipinski definition) is 0. The van der Waals surface area contributed by atoms with E-state index in [9.17, 15) is 8.78 Å². The molecule has 0 aliphatic heterocycles. The highest BCUT2D eigenvalue weighted by atomic mass is 79.9. The fourth-order valence-corrected chi connectivity index (χ4v) is 3.42. The van der Waals surface area contributed by atoms with Crippen molar-refractivity contribution in [3.63, 3.8) is 0 Å². The van der Waals surface area contributed by atoms with E-state index in [0.29, 0.717) is 0 Å². The molecule has 1 atom stereocenters. The third-order valence-corrected chi connectivity index (χ3v) is 5.29. The fourth-order valence-electron chi connectivity index (χ4n) is 2.72. The van der Waals surface area contributed by atoms with Gasteiger partial charge in [0, 0.05) is 5.56 Å². The summed E-state index contributed by atoms with van der Waals surface area (Å²) >= 11 is 9.41. The van der Waals surface area contributed by atoms with Crippen molar-refractivity contribution in [1.82, 2.24) is 0 Å². The molecular weight excluding hydrogens is 322 g/mol. The minimum atomic E-state index is -0.472. The molecule has 0 radical (unpaired) electrons. The van der Waals surface area contributed by atoms with E-state index in [1.165, 1.54) is 12.5 Å². The van der Waals surface area contributed by atoms with E-state index in [1.807, 2.05) is 0 Å². The first-order chi connectivity index (χ1) is 8.44. The molecule has 4 heteroatoms. The molecule has 0 spiro atoms. The average Bonchev–Trinajstić information content (AvgIpc) is 2.34. The van der Waals surface area contributed by atoms with Gasteiger partial charge in [0.25, 0.3) is 0 Å². The lowest BCUT2D eigenvalue weighted by Crippen LogP contribution is -2.26. The van der Waals surface area contributed by atoms with Gasteiger partial charge in [0.2, 0.25) is 0 Å². The quantitative estimate of drug-likeness (QED) is 0.460. The van der Waals surface area contributed by atoms with Crippen LogP contribution in [0.25, 0.3) is 0 Å². The maximum Gasteiger partial charge on any atom is 0.137 e. The lowest BCUT2D eigenvalue weighted by molar-refractivity contribution is 0.204. The van der Waals surface area contributed by atoms with E-state index < -0.39 is 17.0 Å². The summed E-state index contributed by atoms with van der Waals surface area (Å²) in [5.74, 6) is -0.897. The highest BCUT2D eigenvalue weighted by molar-refractivity contribution is 9.10. The van der Waals surface area contributed by atoms with E-state index in [0.717, 1.165) is 31.7 Å². The van der Waals surface area contributed by atoms with Gasteiger partial charge >= 0.3 is 0 Å². The Hall–Kier alpha value is -0.150. The fraction of sp³-hybridized carbons (Fsp3) is 0.571. The van der Waals surface area contributed by atoms with E-state index >= 15 is 0 Å². The van der Waals surface area contributed by atoms with Crippen LogP contribution < -0.4 is 0 Å². The summed E-state index contributed by atoms with van der Waals surface area (Å²) in [6.07, 6.45) is 5.37. The van der Waals surface area contributed by atoms with Crippen LogP contribution in [-0.4, -0.2) is 0 Å². The van der Waals surface area contributed by atoms with Crippen LogP contribution in [-0.2, 0) is 0 Å². The van der Waals surface area contributed by atoms with Gasteiger partial charge in [-0.15, -0.1) is 11.6 Å². The Morgan fingerprint density at radius 3 is 2.39 bits per heavy atom. The van der Waals surface area contributed by atoms with E-state index in [-0.39, 0.29) is 15.5 Å². The van der Waals surface area contributed by atoms with Crippen molar-refractivity contribution in [1.29, 1.82) is 0 Å². The maximum atomic E-state index is 13.9. The molecule has 0 heterocycles. The van der Waals surface area contributed by atoms with Gasteiger partial charge in [0.15, 0.2) is 0 Å². The highest BCUT2D eigenvalue weighted by Gasteiger charge is 2.36. The van der Waals surface area contributed by atoms with Crippen LogP contribution in [0.3, 0.4) is 0 Å². The predicted octanol–water partition coefficient (Wildman–Crippen LogP) is 5.98. The SMILES string of the molecule is CC1(C(Cl)c2cc(F)c(Br)cc2F)CCCCC1. The molecule has 1 aromatic rings. The van der Waals surface area contributed by atoms with Crippen molar-refractivity contribution >= 4 is 27.5 Å². The van der Waals surface area contributed by atoms with E-state index in [2.05, 4.69) is 22.9 Å². The van der Waals surface area contributed by atoms with Gasteiger partial charge in [-0.3, -0.25) is 0 Å². The Labute approximate surface area is 120 Å². The zero-order valence-electron chi connectivity index (χ0n) is 10.3. The van der Waals surface area contributed by atoms with Crippen molar-refractivity contribution in [2.75, 3.05) is 0 Å². The van der Waals surface area contributed by atoms with Crippen LogP contribution in [0.4, 0.5) is 8.78 Å². The lowest BCUT2D eigenvalue weighted by Gasteiger charge is -2.38. The molecule has 0 saturated heterocycles. The van der Waals surface area contributed by atoms with Crippen molar-refractivity contribution in [3.05, 3.63) is 33.8 Å². The molecule has 1 unspecified atom stereocenters. The molecule has 1 saturated carbocycles. The molecule has 1 aliphatic carbocycles. The summed E-state index contributed by atoms with van der Waals surface area (Å²) in [5.41, 5.74) is 0.141. The largest absolute Gasteiger partial charge is 0.207 e. The first kappa shape index (κ1) is 14.3. The standard InChI is InChI=1S/C14H16BrClF2/c1-14(5-3-2-4-6-14)13(16)9-7-12(18)10(15)8-11(9)17/h7-8,13H,2-6H2,1H3. The molecule has 0 N–H and O–H groups in total. The molecule has 1 aliphatic rings. The minimum absolute atomic E-state index is 0.138. The number of alkyl halides is 1. The van der Waals surface area contributed by atoms with Gasteiger partial charge in [0.05, 0.1) is 9.85 Å². The van der Waals surface area contributed by atoms with Crippen LogP contribution in [0.1, 0.15) is 50.0 Å². The second-order valence-corrected chi connectivity index (χ2v) is 6.66. The van der Waals surface area contributed by atoms with Crippen molar-refractivity contribution < 1.29 is 8.78 Å². The Kier molecular flexibility index (Phi) is 4.32. The van der Waals surface area contributed by atoms with Gasteiger partial charge in [-0.05, 0) is 46.3 Å². The summed E-state index contributed by atoms with van der Waals surface area (Å²) in [5, 5.41) is -0.472. The Morgan fingerprint density at radius 2 is 1.78 bits per heavy atom. The van der Waals surface area contributed by atoms with Crippen LogP contribution in [0.15, 0.2) is 16.6 Å². The van der Waals surface area contributed by atoms with Crippen molar-refractivity contribution in [2.45, 2.75) is 44.4 Å². The highest BCUT2D eigenvalue weighted by Crippen LogP contribution is 2.49. The molecular formula is C14H16BrClF2. The second-order valence-electron chi connectivity index (χ2n) is 5.37. The summed E-state index contributed by atoms with van der Waals surface area (Å²) < 4.78 is 27.6. The third-order valence-electron chi connectivity index (χ3n) is 3.92. The summed E-state index contributed by atoms with van der Waals surface area (Å²) in [6, 6.07) is 2.38. The third kappa shape index (κ3) is 2.72. The first-order valence-corrected chi connectivity index (χ1v) is 7.45. The molecule has 0 amide bonds. The minimum Gasteiger partial charge on any atom is -0.207 e. The van der Waals surface area contributed by atoms with Crippen LogP contribution in [0.2, 0.25) is 0 Å². The molecule has 2 rings (SSSR count). The topological polar surface area (TPSA) is 0 Å². The zero-order chi connectivity index (χ0) is 13.3. The van der Waals surface area contributed by atoms with Crippen LogP contribution in [0.5, 0.6) is 0 Å². The van der Waals surface area contributed by atoms with Crippen LogP contribution in [0, 0.1) is 17.0 Å². The average molecular weight is 338 g/mol. The second kappa shape index (κ2) is 5.46. The normalized spacial score (nSPS) is 20.7. The van der Waals surface area contributed by atoms with E-state index in [4.69, 9.17) is 11.6 Å². The molecule has 0 nitrogen and oxygen atoms in total. The number of hydrogen-bond donors (Lipinski definition) is 0. The summed E-state index contributed by atoms with van der Waals surface area (Å²) in [4.78, 5) is 0. The van der Waals surface area contributed by atoms with Gasteiger partial charge < -0.3 is 0 Å². The Balaban J connectivity index is 2.33. The molecule has 100 valence electrons. The van der Waals surface area contributed by atoms with Gasteiger partial charge in [-0.25, -0.2) is 8.78 Å². The summed E-state index contributed by atoms with van der Waals surface area (Å²) in [7, 11) is 0. The predicted molar refractivity (Wildman–Crippen MR) is 73.8 cm³/mol. The van der Waals surface area contributed by atoms with Crippen molar-refractivity contribution in [3.8, 4) is 0 Å². The monoisotopic (exact) mass is 336 g/mol. The van der Waals surface area contributed by atoms with Crippen molar-refractivity contribution in [2.24, 2.45) is 5.41 Å². The molecule has 1 aromatic carbocycles. The van der Waals surface area contributed by atoms with Gasteiger partial charge in [-0.2, -0.15) is 0 Å². The number of rotatable bonds is 2. The van der Waals surface area contributed by atoms with Crippen LogP contribution >= 0.6 is 27.5 Å². The maximum absolute atomic E-state index is 13.9. The Morgan fingerprint density at radius 1 is 1.17 bits per heavy atom. The smallest absolute Gasteiger partial charge is 0.137 e. The number of halogens is 4. The first-order valence-electron chi connectivity index (χ1n) is 6.22. The zero-order valence-corrected chi connectivity index (χ0v) is 12.6. The summed E-state index contributed by atoms with van der Waals surface area (Å²) in [6.45, 7) is 2.07.